The summed E-state index contributed by atoms with van der Waals surface area (Å²) in [5.41, 5.74) is 0.733. The topological polar surface area (TPSA) is 111 Å². The van der Waals surface area contributed by atoms with Gasteiger partial charge in [0.25, 0.3) is 5.09 Å². The minimum atomic E-state index is -1.24. The van der Waals surface area contributed by atoms with E-state index in [2.05, 4.69) is 4.84 Å². The van der Waals surface area contributed by atoms with Gasteiger partial charge in [0.2, 0.25) is 6.29 Å². The Morgan fingerprint density at radius 2 is 1.95 bits per heavy atom. The molecule has 0 aromatic heterocycles. The van der Waals surface area contributed by atoms with Gasteiger partial charge in [-0.05, 0) is 36.6 Å². The summed E-state index contributed by atoms with van der Waals surface area (Å²) in [5, 5.41) is 28.2. The number of hydrogen-bond acceptors (Lipinski definition) is 7. The lowest BCUT2D eigenvalue weighted by Gasteiger charge is -2.14. The van der Waals surface area contributed by atoms with E-state index in [9.17, 15) is 20.3 Å². The number of phenols is 1. The second kappa shape index (κ2) is 9.59. The van der Waals surface area contributed by atoms with E-state index in [4.69, 9.17) is 9.47 Å². The maximum absolute atomic E-state index is 9.94. The van der Waals surface area contributed by atoms with Crippen LogP contribution in [-0.2, 0) is 14.3 Å². The number of unbranched alkanes of at least 4 members (excludes halogenated alkanes) is 1. The number of hydrogen-bond donors (Lipinski definition) is 2. The van der Waals surface area contributed by atoms with Crippen molar-refractivity contribution < 1.29 is 29.6 Å². The fourth-order valence-corrected chi connectivity index (χ4v) is 1.59. The Balaban J connectivity index is 2.39. The molecule has 1 unspecified atom stereocenters. The molecule has 0 spiro atoms. The SMILES string of the molecule is CO/C(=C/c1ccc(O)cc1)C(O)OCCCCO[N+](=O)[O-]. The zero-order valence-electron chi connectivity index (χ0n) is 12.2. The van der Waals surface area contributed by atoms with Crippen molar-refractivity contribution in [3.8, 4) is 5.75 Å². The number of benzene rings is 1. The van der Waals surface area contributed by atoms with Crippen molar-refractivity contribution in [2.45, 2.75) is 19.1 Å². The zero-order valence-corrected chi connectivity index (χ0v) is 12.2. The quantitative estimate of drug-likeness (QED) is 0.222. The highest BCUT2D eigenvalue weighted by molar-refractivity contribution is 5.52. The van der Waals surface area contributed by atoms with Crippen molar-refractivity contribution in [1.82, 2.24) is 0 Å². The molecule has 0 amide bonds. The smallest absolute Gasteiger partial charge is 0.294 e. The summed E-state index contributed by atoms with van der Waals surface area (Å²) >= 11 is 0. The van der Waals surface area contributed by atoms with Gasteiger partial charge in [-0.3, -0.25) is 0 Å². The van der Waals surface area contributed by atoms with E-state index in [0.29, 0.717) is 12.8 Å². The third-order valence-electron chi connectivity index (χ3n) is 2.69. The summed E-state index contributed by atoms with van der Waals surface area (Å²) in [7, 11) is 1.41. The third-order valence-corrected chi connectivity index (χ3v) is 2.69. The van der Waals surface area contributed by atoms with Crippen LogP contribution in [0.2, 0.25) is 0 Å². The molecule has 0 saturated carbocycles. The van der Waals surface area contributed by atoms with Gasteiger partial charge in [0.1, 0.15) is 5.75 Å². The van der Waals surface area contributed by atoms with E-state index in [1.165, 1.54) is 19.2 Å². The first kappa shape index (κ1) is 17.7. The number of nitrogens with zero attached hydrogens (tertiary/aromatic N) is 1. The molecule has 0 heterocycles. The molecule has 22 heavy (non-hydrogen) atoms. The van der Waals surface area contributed by atoms with E-state index >= 15 is 0 Å². The van der Waals surface area contributed by atoms with Gasteiger partial charge in [-0.25, -0.2) is 0 Å². The molecule has 0 aliphatic rings. The van der Waals surface area contributed by atoms with Crippen molar-refractivity contribution in [2.75, 3.05) is 20.3 Å². The predicted molar refractivity (Wildman–Crippen MR) is 77.2 cm³/mol. The van der Waals surface area contributed by atoms with Crippen LogP contribution in [-0.4, -0.2) is 41.9 Å². The maximum atomic E-state index is 9.94. The number of methoxy groups -OCH3 is 1. The predicted octanol–water partition coefficient (Wildman–Crippen LogP) is 1.70. The highest BCUT2D eigenvalue weighted by Gasteiger charge is 2.11. The summed E-state index contributed by atoms with van der Waals surface area (Å²) in [6, 6.07) is 6.36. The Morgan fingerprint density at radius 1 is 1.32 bits per heavy atom. The van der Waals surface area contributed by atoms with Gasteiger partial charge in [-0.15, -0.1) is 10.1 Å². The monoisotopic (exact) mass is 313 g/mol. The van der Waals surface area contributed by atoms with E-state index in [-0.39, 0.29) is 24.7 Å². The van der Waals surface area contributed by atoms with Crippen molar-refractivity contribution in [3.63, 3.8) is 0 Å². The highest BCUT2D eigenvalue weighted by Crippen LogP contribution is 2.15. The van der Waals surface area contributed by atoms with Crippen LogP contribution in [0.5, 0.6) is 5.75 Å². The molecule has 122 valence electrons. The Bertz CT molecular complexity index is 486. The summed E-state index contributed by atoms with van der Waals surface area (Å²) in [6.45, 7) is 0.200. The minimum absolute atomic E-state index is 0.00701. The minimum Gasteiger partial charge on any atom is -0.508 e. The zero-order chi connectivity index (χ0) is 16.4. The van der Waals surface area contributed by atoms with Crippen LogP contribution < -0.4 is 0 Å². The molecule has 1 rings (SSSR count). The van der Waals surface area contributed by atoms with Crippen LogP contribution in [0.1, 0.15) is 18.4 Å². The van der Waals surface area contributed by atoms with Crippen LogP contribution >= 0.6 is 0 Å². The Labute approximate surface area is 127 Å². The number of aliphatic hydroxyl groups excluding tert-OH is 1. The average Bonchev–Trinajstić information content (AvgIpc) is 2.49. The molecule has 0 bridgehead atoms. The number of aliphatic hydroxyl groups is 1. The average molecular weight is 313 g/mol. The lowest BCUT2D eigenvalue weighted by atomic mass is 10.2. The standard InChI is InChI=1S/C14H19NO7/c1-20-13(10-11-4-6-12(16)7-5-11)14(17)21-8-2-3-9-22-15(18)19/h4-7,10,14,16-17H,2-3,8-9H2,1H3/b13-10+. The van der Waals surface area contributed by atoms with E-state index in [1.807, 2.05) is 0 Å². The number of phenolic OH excluding ortho intramolecular Hbond substituents is 1. The van der Waals surface area contributed by atoms with Crippen LogP contribution in [0.15, 0.2) is 30.0 Å². The molecule has 0 radical (unpaired) electrons. The van der Waals surface area contributed by atoms with E-state index in [0.717, 1.165) is 5.56 Å². The molecule has 1 atom stereocenters. The summed E-state index contributed by atoms with van der Waals surface area (Å²) in [5.74, 6) is 0.358. The molecule has 0 fully saturated rings. The largest absolute Gasteiger partial charge is 0.508 e. The van der Waals surface area contributed by atoms with Gasteiger partial charge in [-0.2, -0.15) is 0 Å². The molecular formula is C14H19NO7. The molecule has 1 aromatic rings. The van der Waals surface area contributed by atoms with Crippen LogP contribution in [0, 0.1) is 10.1 Å². The molecule has 0 saturated heterocycles. The van der Waals surface area contributed by atoms with Crippen molar-refractivity contribution in [3.05, 3.63) is 45.7 Å². The Hall–Kier alpha value is -2.32. The van der Waals surface area contributed by atoms with E-state index < -0.39 is 11.4 Å². The van der Waals surface area contributed by atoms with Crippen molar-refractivity contribution in [2.24, 2.45) is 0 Å². The van der Waals surface area contributed by atoms with Crippen LogP contribution in [0.3, 0.4) is 0 Å². The van der Waals surface area contributed by atoms with Gasteiger partial charge >= 0.3 is 0 Å². The van der Waals surface area contributed by atoms with Gasteiger partial charge in [-0.1, -0.05) is 12.1 Å². The fraction of sp³-hybridized carbons (Fsp3) is 0.429. The number of aromatic hydroxyl groups is 1. The first-order valence-corrected chi connectivity index (χ1v) is 6.64. The number of rotatable bonds is 10. The number of ether oxygens (including phenoxy) is 2. The molecule has 8 heteroatoms. The van der Waals surface area contributed by atoms with Crippen LogP contribution in [0.4, 0.5) is 0 Å². The molecule has 8 nitrogen and oxygen atoms in total. The molecule has 0 aliphatic carbocycles. The summed E-state index contributed by atoms with van der Waals surface area (Å²) in [6.07, 6.45) is 1.29. The molecule has 0 aliphatic heterocycles. The summed E-state index contributed by atoms with van der Waals surface area (Å²) in [4.78, 5) is 14.1. The second-order valence-electron chi connectivity index (χ2n) is 4.33. The fourth-order valence-electron chi connectivity index (χ4n) is 1.59. The second-order valence-corrected chi connectivity index (χ2v) is 4.33. The molecular weight excluding hydrogens is 294 g/mol. The van der Waals surface area contributed by atoms with Crippen molar-refractivity contribution in [1.29, 1.82) is 0 Å². The maximum Gasteiger partial charge on any atom is 0.294 e. The van der Waals surface area contributed by atoms with Gasteiger partial charge in [0.05, 0.1) is 20.3 Å². The Kier molecular flexibility index (Phi) is 7.73. The first-order valence-electron chi connectivity index (χ1n) is 6.64. The Morgan fingerprint density at radius 3 is 2.55 bits per heavy atom. The van der Waals surface area contributed by atoms with E-state index in [1.54, 1.807) is 18.2 Å². The molecule has 2 N–H and O–H groups in total. The van der Waals surface area contributed by atoms with Crippen molar-refractivity contribution >= 4 is 6.08 Å². The highest BCUT2D eigenvalue weighted by atomic mass is 16.9. The molecule has 1 aromatic carbocycles. The lowest BCUT2D eigenvalue weighted by Crippen LogP contribution is -2.17. The van der Waals surface area contributed by atoms with Gasteiger partial charge in [0, 0.05) is 0 Å². The third kappa shape index (κ3) is 6.91. The lowest BCUT2D eigenvalue weighted by molar-refractivity contribution is -0.757. The van der Waals surface area contributed by atoms with Gasteiger partial charge in [0.15, 0.2) is 5.76 Å². The van der Waals surface area contributed by atoms with Gasteiger partial charge < -0.3 is 24.5 Å². The first-order chi connectivity index (χ1) is 10.5. The normalized spacial score (nSPS) is 12.7. The summed E-state index contributed by atoms with van der Waals surface area (Å²) < 4.78 is 10.3. The van der Waals surface area contributed by atoms with Crippen LogP contribution in [0.25, 0.3) is 6.08 Å².